The van der Waals surface area contributed by atoms with E-state index in [9.17, 15) is 8.60 Å². The van der Waals surface area contributed by atoms with Crippen LogP contribution in [-0.4, -0.2) is 38.8 Å². The second kappa shape index (κ2) is 4.22. The molecule has 6 heteroatoms. The smallest absolute Gasteiger partial charge is 0.220 e. The van der Waals surface area contributed by atoms with Gasteiger partial charge in [0.25, 0.3) is 0 Å². The van der Waals surface area contributed by atoms with Gasteiger partial charge in [0.05, 0.1) is 0 Å². The molecule has 1 aliphatic rings. The van der Waals surface area contributed by atoms with Crippen molar-refractivity contribution in [3.05, 3.63) is 17.8 Å². The third kappa shape index (κ3) is 2.14. The van der Waals surface area contributed by atoms with Gasteiger partial charge < -0.3 is 4.90 Å². The van der Waals surface area contributed by atoms with Crippen LogP contribution in [0.1, 0.15) is 5.56 Å². The quantitative estimate of drug-likeness (QED) is 0.658. The predicted molar refractivity (Wildman–Crippen MR) is 56.8 cm³/mol. The van der Waals surface area contributed by atoms with Crippen LogP contribution in [0.25, 0.3) is 0 Å². The maximum Gasteiger partial charge on any atom is 0.220 e. The first kappa shape index (κ1) is 10.5. The number of hydrogen-bond acceptors (Lipinski definition) is 4. The van der Waals surface area contributed by atoms with Crippen LogP contribution in [0, 0.1) is 12.9 Å². The lowest BCUT2D eigenvalue weighted by Crippen LogP contribution is -2.38. The van der Waals surface area contributed by atoms with Crippen LogP contribution in [0.4, 0.5) is 10.2 Å². The summed E-state index contributed by atoms with van der Waals surface area (Å²) in [6.07, 6.45) is 1.23. The summed E-state index contributed by atoms with van der Waals surface area (Å²) in [4.78, 5) is 9.51. The Hall–Kier alpha value is -1.04. The maximum atomic E-state index is 13.2. The summed E-state index contributed by atoms with van der Waals surface area (Å²) in [5.41, 5.74) is 0.463. The molecule has 1 aromatic rings. The molecule has 0 atom stereocenters. The molecule has 0 N–H and O–H groups in total. The van der Waals surface area contributed by atoms with Gasteiger partial charge in [0.15, 0.2) is 0 Å². The molecule has 0 bridgehead atoms. The molecule has 2 heterocycles. The Kier molecular flexibility index (Phi) is 2.95. The number of anilines is 1. The molecule has 0 unspecified atom stereocenters. The van der Waals surface area contributed by atoms with Crippen molar-refractivity contribution in [3.63, 3.8) is 0 Å². The van der Waals surface area contributed by atoms with E-state index in [-0.39, 0.29) is 0 Å². The molecule has 0 amide bonds. The van der Waals surface area contributed by atoms with Crippen LogP contribution in [0.3, 0.4) is 0 Å². The summed E-state index contributed by atoms with van der Waals surface area (Å²) in [5, 5.41) is 0. The van der Waals surface area contributed by atoms with Gasteiger partial charge in [0.2, 0.25) is 5.95 Å². The molecule has 1 aliphatic heterocycles. The summed E-state index contributed by atoms with van der Waals surface area (Å²) >= 11 is 0. The number of rotatable bonds is 1. The van der Waals surface area contributed by atoms with Crippen molar-refractivity contribution in [2.24, 2.45) is 0 Å². The second-order valence-corrected chi connectivity index (χ2v) is 5.14. The van der Waals surface area contributed by atoms with Gasteiger partial charge in [-0.05, 0) is 6.92 Å². The summed E-state index contributed by atoms with van der Waals surface area (Å²) in [5.74, 6) is 1.40. The van der Waals surface area contributed by atoms with E-state index >= 15 is 0 Å². The van der Waals surface area contributed by atoms with Crippen molar-refractivity contribution in [1.29, 1.82) is 0 Å². The fraction of sp³-hybridized carbons (Fsp3) is 0.556. The van der Waals surface area contributed by atoms with E-state index in [1.165, 1.54) is 6.33 Å². The zero-order chi connectivity index (χ0) is 10.8. The molecule has 15 heavy (non-hydrogen) atoms. The molecule has 82 valence electrons. The van der Waals surface area contributed by atoms with Crippen LogP contribution >= 0.6 is 0 Å². The predicted octanol–water partition coefficient (Wildman–Crippen LogP) is 0.493. The van der Waals surface area contributed by atoms with Crippen LogP contribution in [0.5, 0.6) is 0 Å². The van der Waals surface area contributed by atoms with Crippen LogP contribution in [0.15, 0.2) is 6.33 Å². The molecular formula is C9H12FN3OS. The molecule has 1 fully saturated rings. The van der Waals surface area contributed by atoms with Gasteiger partial charge in [-0.25, -0.2) is 9.97 Å². The molecule has 0 saturated carbocycles. The topological polar surface area (TPSA) is 46.1 Å². The molecule has 1 saturated heterocycles. The SMILES string of the molecule is Cc1c(F)ncnc1N1CCS(=O)CC1. The van der Waals surface area contributed by atoms with Crippen LogP contribution in [0.2, 0.25) is 0 Å². The summed E-state index contributed by atoms with van der Waals surface area (Å²) in [6.45, 7) is 3.00. The minimum absolute atomic E-state index is 0.463. The lowest BCUT2D eigenvalue weighted by molar-refractivity contribution is 0.568. The Balaban J connectivity index is 2.22. The van der Waals surface area contributed by atoms with E-state index < -0.39 is 16.7 Å². The third-order valence-corrected chi connectivity index (χ3v) is 3.75. The molecule has 2 rings (SSSR count). The van der Waals surface area contributed by atoms with Crippen molar-refractivity contribution < 1.29 is 8.60 Å². The van der Waals surface area contributed by atoms with Gasteiger partial charge in [0, 0.05) is 41.0 Å². The van der Waals surface area contributed by atoms with Crippen LogP contribution in [-0.2, 0) is 10.8 Å². The average molecular weight is 229 g/mol. The lowest BCUT2D eigenvalue weighted by atomic mass is 10.3. The van der Waals surface area contributed by atoms with Gasteiger partial charge in [-0.3, -0.25) is 4.21 Å². The first-order valence-electron chi connectivity index (χ1n) is 4.75. The Bertz CT molecular complexity index is 389. The van der Waals surface area contributed by atoms with E-state index in [0.29, 0.717) is 36.0 Å². The first-order chi connectivity index (χ1) is 7.18. The number of halogens is 1. The highest BCUT2D eigenvalue weighted by Gasteiger charge is 2.19. The molecule has 0 aromatic carbocycles. The van der Waals surface area contributed by atoms with Gasteiger partial charge in [-0.1, -0.05) is 0 Å². The standard InChI is InChI=1S/C9H12FN3OS/c1-7-8(10)11-6-12-9(7)13-2-4-15(14)5-3-13/h6H,2-5H2,1H3. The Morgan fingerprint density at radius 3 is 2.73 bits per heavy atom. The van der Waals surface area contributed by atoms with Gasteiger partial charge in [-0.2, -0.15) is 4.39 Å². The maximum absolute atomic E-state index is 13.2. The highest BCUT2D eigenvalue weighted by Crippen LogP contribution is 2.18. The first-order valence-corrected chi connectivity index (χ1v) is 6.24. The van der Waals surface area contributed by atoms with E-state index in [0.717, 1.165) is 0 Å². The van der Waals surface area contributed by atoms with Crippen LogP contribution < -0.4 is 4.90 Å². The lowest BCUT2D eigenvalue weighted by Gasteiger charge is -2.28. The summed E-state index contributed by atoms with van der Waals surface area (Å²) in [6, 6.07) is 0. The van der Waals surface area contributed by atoms with Gasteiger partial charge >= 0.3 is 0 Å². The fourth-order valence-electron chi connectivity index (χ4n) is 1.59. The monoisotopic (exact) mass is 229 g/mol. The van der Waals surface area contributed by atoms with Crippen molar-refractivity contribution in [2.45, 2.75) is 6.92 Å². The molecule has 0 spiro atoms. The Morgan fingerprint density at radius 2 is 2.07 bits per heavy atom. The number of hydrogen-bond donors (Lipinski definition) is 0. The van der Waals surface area contributed by atoms with Crippen molar-refractivity contribution in [2.75, 3.05) is 29.5 Å². The largest absolute Gasteiger partial charge is 0.354 e. The Labute approximate surface area is 90.0 Å². The third-order valence-electron chi connectivity index (χ3n) is 2.47. The van der Waals surface area contributed by atoms with Gasteiger partial charge in [0.1, 0.15) is 12.1 Å². The normalized spacial score (nSPS) is 18.1. The highest BCUT2D eigenvalue weighted by molar-refractivity contribution is 7.85. The average Bonchev–Trinajstić information content (AvgIpc) is 2.24. The number of aromatic nitrogens is 2. The second-order valence-electron chi connectivity index (χ2n) is 3.45. The van der Waals surface area contributed by atoms with Gasteiger partial charge in [-0.15, -0.1) is 0 Å². The highest BCUT2D eigenvalue weighted by atomic mass is 32.2. The van der Waals surface area contributed by atoms with E-state index in [2.05, 4.69) is 9.97 Å². The Morgan fingerprint density at radius 1 is 1.40 bits per heavy atom. The molecule has 4 nitrogen and oxygen atoms in total. The minimum Gasteiger partial charge on any atom is -0.354 e. The van der Waals surface area contributed by atoms with E-state index in [1.54, 1.807) is 6.92 Å². The fourth-order valence-corrected chi connectivity index (χ4v) is 2.64. The minimum atomic E-state index is -0.725. The molecule has 1 aromatic heterocycles. The molecule has 0 aliphatic carbocycles. The van der Waals surface area contributed by atoms with E-state index in [1.807, 2.05) is 4.90 Å². The molecular weight excluding hydrogens is 217 g/mol. The van der Waals surface area contributed by atoms with E-state index in [4.69, 9.17) is 0 Å². The van der Waals surface area contributed by atoms with Crippen molar-refractivity contribution >= 4 is 16.6 Å². The molecule has 0 radical (unpaired) electrons. The van der Waals surface area contributed by atoms with Crippen molar-refractivity contribution in [3.8, 4) is 0 Å². The number of nitrogens with zero attached hydrogens (tertiary/aromatic N) is 3. The van der Waals surface area contributed by atoms with Crippen molar-refractivity contribution in [1.82, 2.24) is 9.97 Å². The summed E-state index contributed by atoms with van der Waals surface area (Å²) < 4.78 is 24.3. The zero-order valence-electron chi connectivity index (χ0n) is 8.44. The summed E-state index contributed by atoms with van der Waals surface area (Å²) in [7, 11) is -0.725. The zero-order valence-corrected chi connectivity index (χ0v) is 9.26.